The lowest BCUT2D eigenvalue weighted by atomic mass is 10.2. The van der Waals surface area contributed by atoms with Gasteiger partial charge in [-0.1, -0.05) is 0 Å². The molecule has 0 N–H and O–H groups in total. The first-order valence-electron chi connectivity index (χ1n) is 5.81. The molecule has 0 aliphatic heterocycles. The molecule has 18 heavy (non-hydrogen) atoms. The first kappa shape index (κ1) is 15.0. The van der Waals surface area contributed by atoms with Crippen LogP contribution in [0.1, 0.15) is 10.4 Å². The Morgan fingerprint density at radius 1 is 0.944 bits per heavy atom. The summed E-state index contributed by atoms with van der Waals surface area (Å²) in [5.74, 6) is 1.45. The van der Waals surface area contributed by atoms with Crippen molar-refractivity contribution < 1.29 is 19.0 Å². The fourth-order valence-electron chi connectivity index (χ4n) is 1.25. The minimum absolute atomic E-state index is 0.479. The maximum atomic E-state index is 10.4. The number of carbonyl (C=O) groups is 1. The highest BCUT2D eigenvalue weighted by Crippen LogP contribution is 2.10. The molecule has 0 heterocycles. The number of carbonyl (C=O) groups excluding carboxylic acids is 1. The SMILES string of the molecule is O=Cc1ccc(OCCOCCOCCS)cc1. The summed E-state index contributed by atoms with van der Waals surface area (Å²) < 4.78 is 16.0. The van der Waals surface area contributed by atoms with E-state index in [-0.39, 0.29) is 0 Å². The predicted molar refractivity (Wildman–Crippen MR) is 72.8 cm³/mol. The van der Waals surface area contributed by atoms with Crippen molar-refractivity contribution in [1.82, 2.24) is 0 Å². The van der Waals surface area contributed by atoms with Crippen molar-refractivity contribution >= 4 is 18.9 Å². The van der Waals surface area contributed by atoms with Crippen molar-refractivity contribution in [2.24, 2.45) is 0 Å². The normalized spacial score (nSPS) is 10.3. The van der Waals surface area contributed by atoms with Crippen molar-refractivity contribution in [3.8, 4) is 5.75 Å². The molecule has 100 valence electrons. The lowest BCUT2D eigenvalue weighted by molar-refractivity contribution is 0.0413. The van der Waals surface area contributed by atoms with Crippen molar-refractivity contribution in [3.05, 3.63) is 29.8 Å². The molecule has 0 aromatic heterocycles. The van der Waals surface area contributed by atoms with Crippen LogP contribution in [0.2, 0.25) is 0 Å². The van der Waals surface area contributed by atoms with E-state index in [0.29, 0.717) is 38.6 Å². The molecule has 1 rings (SSSR count). The summed E-state index contributed by atoms with van der Waals surface area (Å²) in [7, 11) is 0. The van der Waals surface area contributed by atoms with Crippen LogP contribution in [-0.4, -0.2) is 45.1 Å². The van der Waals surface area contributed by atoms with Crippen molar-refractivity contribution in [3.63, 3.8) is 0 Å². The van der Waals surface area contributed by atoms with E-state index in [1.807, 2.05) is 0 Å². The second-order valence-corrected chi connectivity index (χ2v) is 3.93. The number of hydrogen-bond acceptors (Lipinski definition) is 5. The van der Waals surface area contributed by atoms with Gasteiger partial charge in [-0.05, 0) is 24.3 Å². The van der Waals surface area contributed by atoms with Crippen molar-refractivity contribution in [2.75, 3.05) is 38.8 Å². The van der Waals surface area contributed by atoms with Gasteiger partial charge in [0, 0.05) is 11.3 Å². The average Bonchev–Trinajstić information content (AvgIpc) is 2.42. The number of benzene rings is 1. The summed E-state index contributed by atoms with van der Waals surface area (Å²) in [6.45, 7) is 2.77. The average molecular weight is 270 g/mol. The molecule has 0 fully saturated rings. The molecule has 1 aromatic rings. The van der Waals surface area contributed by atoms with E-state index in [1.165, 1.54) is 0 Å². The highest BCUT2D eigenvalue weighted by molar-refractivity contribution is 7.80. The number of ether oxygens (including phenoxy) is 3. The molecular formula is C13H18O4S. The maximum absolute atomic E-state index is 10.4. The minimum atomic E-state index is 0.479. The Morgan fingerprint density at radius 2 is 1.56 bits per heavy atom. The third kappa shape index (κ3) is 6.64. The van der Waals surface area contributed by atoms with Crippen LogP contribution in [0.15, 0.2) is 24.3 Å². The second kappa shape index (κ2) is 9.94. The van der Waals surface area contributed by atoms with Gasteiger partial charge in [0.1, 0.15) is 18.6 Å². The van der Waals surface area contributed by atoms with Gasteiger partial charge in [0.2, 0.25) is 0 Å². The largest absolute Gasteiger partial charge is 0.491 e. The van der Waals surface area contributed by atoms with Gasteiger partial charge >= 0.3 is 0 Å². The summed E-state index contributed by atoms with van der Waals surface area (Å²) in [5, 5.41) is 0. The Labute approximate surface area is 113 Å². The Hall–Kier alpha value is -1.04. The molecule has 5 heteroatoms. The molecule has 0 saturated heterocycles. The Morgan fingerprint density at radius 3 is 2.17 bits per heavy atom. The molecule has 0 aliphatic rings. The standard InChI is InChI=1S/C13H18O4S/c14-11-12-1-3-13(4-2-12)17-8-7-15-5-6-16-9-10-18/h1-4,11,18H,5-10H2. The van der Waals surface area contributed by atoms with Gasteiger partial charge in [0.15, 0.2) is 0 Å². The van der Waals surface area contributed by atoms with Crippen molar-refractivity contribution in [2.45, 2.75) is 0 Å². The second-order valence-electron chi connectivity index (χ2n) is 3.48. The van der Waals surface area contributed by atoms with Gasteiger partial charge in [-0.25, -0.2) is 0 Å². The predicted octanol–water partition coefficient (Wildman–Crippen LogP) is 1.84. The summed E-state index contributed by atoms with van der Waals surface area (Å²) in [6.07, 6.45) is 0.803. The van der Waals surface area contributed by atoms with Crippen LogP contribution in [-0.2, 0) is 9.47 Å². The lowest BCUT2D eigenvalue weighted by Crippen LogP contribution is -2.11. The third-order valence-electron chi connectivity index (χ3n) is 2.12. The van der Waals surface area contributed by atoms with E-state index >= 15 is 0 Å². The van der Waals surface area contributed by atoms with Gasteiger partial charge in [-0.3, -0.25) is 4.79 Å². The Balaban J connectivity index is 2.01. The minimum Gasteiger partial charge on any atom is -0.491 e. The van der Waals surface area contributed by atoms with E-state index in [2.05, 4.69) is 12.6 Å². The third-order valence-corrected chi connectivity index (χ3v) is 2.30. The van der Waals surface area contributed by atoms with Gasteiger partial charge in [0.25, 0.3) is 0 Å². The molecule has 0 aliphatic carbocycles. The fourth-order valence-corrected chi connectivity index (χ4v) is 1.38. The van der Waals surface area contributed by atoms with Crippen LogP contribution in [0.4, 0.5) is 0 Å². The number of rotatable bonds is 10. The summed E-state index contributed by atoms with van der Waals surface area (Å²) >= 11 is 4.03. The van der Waals surface area contributed by atoms with E-state index in [1.54, 1.807) is 24.3 Å². The van der Waals surface area contributed by atoms with Gasteiger partial charge in [-0.15, -0.1) is 0 Å². The van der Waals surface area contributed by atoms with Gasteiger partial charge in [-0.2, -0.15) is 12.6 Å². The van der Waals surface area contributed by atoms with E-state index in [0.717, 1.165) is 17.8 Å². The number of thiol groups is 1. The first-order valence-corrected chi connectivity index (χ1v) is 6.44. The van der Waals surface area contributed by atoms with Crippen LogP contribution < -0.4 is 4.74 Å². The molecule has 0 bridgehead atoms. The smallest absolute Gasteiger partial charge is 0.150 e. The monoisotopic (exact) mass is 270 g/mol. The van der Waals surface area contributed by atoms with Crippen LogP contribution >= 0.6 is 12.6 Å². The molecular weight excluding hydrogens is 252 g/mol. The van der Waals surface area contributed by atoms with E-state index in [4.69, 9.17) is 14.2 Å². The van der Waals surface area contributed by atoms with Crippen LogP contribution in [0.3, 0.4) is 0 Å². The zero-order valence-electron chi connectivity index (χ0n) is 10.2. The summed E-state index contributed by atoms with van der Waals surface area (Å²) in [4.78, 5) is 10.4. The van der Waals surface area contributed by atoms with Crippen molar-refractivity contribution in [1.29, 1.82) is 0 Å². The maximum Gasteiger partial charge on any atom is 0.150 e. The molecule has 0 saturated carbocycles. The molecule has 1 aromatic carbocycles. The highest BCUT2D eigenvalue weighted by atomic mass is 32.1. The fraction of sp³-hybridized carbons (Fsp3) is 0.462. The van der Waals surface area contributed by atoms with Crippen LogP contribution in [0.25, 0.3) is 0 Å². The number of aldehydes is 1. The zero-order chi connectivity index (χ0) is 13.1. The Kier molecular flexibility index (Phi) is 8.29. The first-order chi connectivity index (χ1) is 8.86. The van der Waals surface area contributed by atoms with E-state index < -0.39 is 0 Å². The molecule has 0 unspecified atom stereocenters. The van der Waals surface area contributed by atoms with Gasteiger partial charge < -0.3 is 14.2 Å². The molecule has 0 spiro atoms. The summed E-state index contributed by atoms with van der Waals surface area (Å²) in [6, 6.07) is 6.96. The molecule has 0 atom stereocenters. The van der Waals surface area contributed by atoms with E-state index in [9.17, 15) is 4.79 Å². The quantitative estimate of drug-likeness (QED) is 0.400. The number of hydrogen-bond donors (Lipinski definition) is 1. The van der Waals surface area contributed by atoms with Gasteiger partial charge in [0.05, 0.1) is 26.4 Å². The molecule has 4 nitrogen and oxygen atoms in total. The van der Waals surface area contributed by atoms with Crippen LogP contribution in [0.5, 0.6) is 5.75 Å². The highest BCUT2D eigenvalue weighted by Gasteiger charge is 1.95. The zero-order valence-corrected chi connectivity index (χ0v) is 11.1. The molecule has 0 amide bonds. The summed E-state index contributed by atoms with van der Waals surface area (Å²) in [5.41, 5.74) is 0.639. The Bertz CT molecular complexity index is 326. The van der Waals surface area contributed by atoms with Crippen LogP contribution in [0, 0.1) is 0 Å². The topological polar surface area (TPSA) is 44.8 Å². The lowest BCUT2D eigenvalue weighted by Gasteiger charge is -2.07. The molecule has 0 radical (unpaired) electrons.